The van der Waals surface area contributed by atoms with Crippen LogP contribution in [0.3, 0.4) is 0 Å². The molecule has 1 aromatic carbocycles. The normalized spacial score (nSPS) is 8.47. The first-order chi connectivity index (χ1) is 6.06. The molecule has 1 rings (SSSR count). The summed E-state index contributed by atoms with van der Waals surface area (Å²) < 4.78 is 0. The first-order valence-corrected chi connectivity index (χ1v) is 3.92. The smallest absolute Gasteiger partial charge is 0.272 e. The zero-order valence-electron chi connectivity index (χ0n) is 7.07. The van der Waals surface area contributed by atoms with E-state index in [-0.39, 0.29) is 46.2 Å². The largest absolute Gasteiger partial charge is 0.321 e. The predicted molar refractivity (Wildman–Crippen MR) is 65.4 cm³/mol. The number of nitro benzene ring substituents is 1. The Morgan fingerprint density at radius 2 is 1.67 bits per heavy atom. The predicted octanol–water partition coefficient (Wildman–Crippen LogP) is 3.03. The second kappa shape index (κ2) is 6.92. The lowest BCUT2D eigenvalue weighted by Gasteiger charge is -2.04. The molecule has 5 nitrogen and oxygen atoms in total. The molecule has 86 valence electrons. The van der Waals surface area contributed by atoms with Gasteiger partial charge in [0.15, 0.2) is 0 Å². The van der Waals surface area contributed by atoms with Gasteiger partial charge in [-0.1, -0.05) is 23.2 Å². The van der Waals surface area contributed by atoms with Crippen LogP contribution in [0.4, 0.5) is 11.4 Å². The topological polar surface area (TPSA) is 81.2 Å². The van der Waals surface area contributed by atoms with E-state index in [0.29, 0.717) is 0 Å². The van der Waals surface area contributed by atoms with Crippen LogP contribution in [-0.4, -0.2) is 4.92 Å². The van der Waals surface area contributed by atoms with E-state index in [2.05, 4.69) is 5.43 Å². The standard InChI is InChI=1S/C6H5Cl2N3O2.2ClH/c7-4-1-3(11(12)13)2-5(8)6(4)10-9;;/h1-2,10H,9H2;2*1H. The van der Waals surface area contributed by atoms with Crippen LogP contribution in [0.25, 0.3) is 0 Å². The molecular weight excluding hydrogens is 288 g/mol. The number of nitrogens with zero attached hydrogens (tertiary/aromatic N) is 1. The molecule has 1 aromatic rings. The van der Waals surface area contributed by atoms with Gasteiger partial charge in [0, 0.05) is 12.1 Å². The highest BCUT2D eigenvalue weighted by molar-refractivity contribution is 6.39. The Labute approximate surface area is 108 Å². The van der Waals surface area contributed by atoms with E-state index in [4.69, 9.17) is 29.0 Å². The van der Waals surface area contributed by atoms with Crippen molar-refractivity contribution in [2.75, 3.05) is 5.43 Å². The van der Waals surface area contributed by atoms with Crippen LogP contribution in [0.2, 0.25) is 10.0 Å². The van der Waals surface area contributed by atoms with Gasteiger partial charge < -0.3 is 5.43 Å². The maximum Gasteiger partial charge on any atom is 0.272 e. The van der Waals surface area contributed by atoms with Crippen molar-refractivity contribution >= 4 is 59.4 Å². The lowest BCUT2D eigenvalue weighted by atomic mass is 10.3. The maximum absolute atomic E-state index is 10.3. The summed E-state index contributed by atoms with van der Waals surface area (Å²) >= 11 is 11.3. The lowest BCUT2D eigenvalue weighted by Crippen LogP contribution is -2.08. The van der Waals surface area contributed by atoms with Gasteiger partial charge in [-0.3, -0.25) is 16.0 Å². The molecule has 0 spiro atoms. The molecule has 9 heteroatoms. The fraction of sp³-hybridized carbons (Fsp3) is 0. The van der Waals surface area contributed by atoms with Crippen LogP contribution < -0.4 is 11.3 Å². The highest BCUT2D eigenvalue weighted by Gasteiger charge is 2.13. The number of nitrogens with two attached hydrogens (primary N) is 1. The molecule has 0 aromatic heterocycles. The summed E-state index contributed by atoms with van der Waals surface area (Å²) in [6.07, 6.45) is 0. The Morgan fingerprint density at radius 1 is 1.27 bits per heavy atom. The van der Waals surface area contributed by atoms with Gasteiger partial charge in [-0.25, -0.2) is 0 Å². The van der Waals surface area contributed by atoms with Gasteiger partial charge in [0.2, 0.25) is 0 Å². The zero-order valence-corrected chi connectivity index (χ0v) is 10.2. The summed E-state index contributed by atoms with van der Waals surface area (Å²) in [5, 5.41) is 10.6. The van der Waals surface area contributed by atoms with Crippen LogP contribution in [0.15, 0.2) is 12.1 Å². The van der Waals surface area contributed by atoms with E-state index in [1.54, 1.807) is 0 Å². The number of nitro groups is 1. The van der Waals surface area contributed by atoms with E-state index in [1.807, 2.05) is 0 Å². The minimum absolute atomic E-state index is 0. The van der Waals surface area contributed by atoms with Crippen molar-refractivity contribution < 1.29 is 4.92 Å². The minimum atomic E-state index is -0.585. The molecule has 0 bridgehead atoms. The molecule has 0 fully saturated rings. The van der Waals surface area contributed by atoms with Gasteiger partial charge in [0.05, 0.1) is 20.7 Å². The van der Waals surface area contributed by atoms with Crippen molar-refractivity contribution in [3.05, 3.63) is 32.3 Å². The van der Waals surface area contributed by atoms with Crippen molar-refractivity contribution in [3.63, 3.8) is 0 Å². The van der Waals surface area contributed by atoms with Gasteiger partial charge in [-0.05, 0) is 0 Å². The van der Waals surface area contributed by atoms with E-state index in [9.17, 15) is 10.1 Å². The number of hydrogen-bond donors (Lipinski definition) is 2. The molecule has 15 heavy (non-hydrogen) atoms. The quantitative estimate of drug-likeness (QED) is 0.499. The van der Waals surface area contributed by atoms with Gasteiger partial charge in [-0.2, -0.15) is 0 Å². The Morgan fingerprint density at radius 3 is 1.93 bits per heavy atom. The SMILES string of the molecule is Cl.Cl.NNc1c(Cl)cc([N+](=O)[O-])cc1Cl. The van der Waals surface area contributed by atoms with E-state index in [0.717, 1.165) is 0 Å². The van der Waals surface area contributed by atoms with E-state index < -0.39 is 4.92 Å². The monoisotopic (exact) mass is 293 g/mol. The average molecular weight is 295 g/mol. The number of hydrogen-bond acceptors (Lipinski definition) is 4. The Hall–Kier alpha value is -0.460. The Balaban J connectivity index is 0. The summed E-state index contributed by atoms with van der Waals surface area (Å²) in [7, 11) is 0. The Bertz CT molecular complexity index is 337. The molecule has 0 aliphatic carbocycles. The molecule has 0 unspecified atom stereocenters. The first-order valence-electron chi connectivity index (χ1n) is 3.16. The van der Waals surface area contributed by atoms with Crippen LogP contribution in [0.5, 0.6) is 0 Å². The molecule has 0 radical (unpaired) electrons. The van der Waals surface area contributed by atoms with Gasteiger partial charge in [-0.15, -0.1) is 24.8 Å². The van der Waals surface area contributed by atoms with Crippen molar-refractivity contribution in [2.45, 2.75) is 0 Å². The molecule has 3 N–H and O–H groups in total. The fourth-order valence-electron chi connectivity index (χ4n) is 0.803. The molecule has 0 saturated carbocycles. The molecule has 0 atom stereocenters. The Kier molecular flexibility index (Phi) is 7.82. The second-order valence-corrected chi connectivity index (χ2v) is 3.00. The summed E-state index contributed by atoms with van der Waals surface area (Å²) in [5.74, 6) is 5.09. The number of hydrazine groups is 1. The molecule has 0 heterocycles. The summed E-state index contributed by atoms with van der Waals surface area (Å²) in [4.78, 5) is 9.76. The number of nitrogens with one attached hydrogen (secondary N) is 1. The third-order valence-electron chi connectivity index (χ3n) is 1.38. The number of anilines is 1. The summed E-state index contributed by atoms with van der Waals surface area (Å²) in [5.41, 5.74) is 2.34. The van der Waals surface area contributed by atoms with E-state index >= 15 is 0 Å². The van der Waals surface area contributed by atoms with Crippen molar-refractivity contribution in [2.24, 2.45) is 5.84 Å². The van der Waals surface area contributed by atoms with Crippen LogP contribution >= 0.6 is 48.0 Å². The fourth-order valence-corrected chi connectivity index (χ4v) is 1.39. The van der Waals surface area contributed by atoms with Crippen molar-refractivity contribution in [1.82, 2.24) is 0 Å². The number of non-ortho nitro benzene ring substituents is 1. The number of halogens is 4. The van der Waals surface area contributed by atoms with Gasteiger partial charge >= 0.3 is 0 Å². The molecule has 0 amide bonds. The van der Waals surface area contributed by atoms with Gasteiger partial charge in [0.1, 0.15) is 0 Å². The van der Waals surface area contributed by atoms with Crippen LogP contribution in [0, 0.1) is 10.1 Å². The van der Waals surface area contributed by atoms with Crippen LogP contribution in [0.1, 0.15) is 0 Å². The van der Waals surface area contributed by atoms with Crippen LogP contribution in [-0.2, 0) is 0 Å². The molecule has 0 aliphatic rings. The second-order valence-electron chi connectivity index (χ2n) is 2.19. The third-order valence-corrected chi connectivity index (χ3v) is 1.98. The maximum atomic E-state index is 10.3. The minimum Gasteiger partial charge on any atom is -0.321 e. The molecular formula is C6H7Cl4N3O2. The number of nitrogen functional groups attached to an aromatic ring is 1. The van der Waals surface area contributed by atoms with Gasteiger partial charge in [0.25, 0.3) is 5.69 Å². The highest BCUT2D eigenvalue weighted by Crippen LogP contribution is 2.33. The van der Waals surface area contributed by atoms with Crippen molar-refractivity contribution in [3.8, 4) is 0 Å². The highest BCUT2D eigenvalue weighted by atomic mass is 35.5. The van der Waals surface area contributed by atoms with E-state index in [1.165, 1.54) is 12.1 Å². The summed E-state index contributed by atoms with van der Waals surface area (Å²) in [6, 6.07) is 2.34. The first kappa shape index (κ1) is 17.0. The third kappa shape index (κ3) is 3.89. The lowest BCUT2D eigenvalue weighted by molar-refractivity contribution is -0.384. The number of benzene rings is 1. The average Bonchev–Trinajstić information content (AvgIpc) is 2.03. The molecule has 0 aliphatic heterocycles. The number of rotatable bonds is 2. The molecule has 0 saturated heterocycles. The summed E-state index contributed by atoms with van der Waals surface area (Å²) in [6.45, 7) is 0. The van der Waals surface area contributed by atoms with Crippen molar-refractivity contribution in [1.29, 1.82) is 0 Å². The zero-order chi connectivity index (χ0) is 10.0.